The maximum Gasteiger partial charge on any atom is 0.308 e. The largest absolute Gasteiger partial charge is 0.465 e. The zero-order chi connectivity index (χ0) is 24.7. The Labute approximate surface area is 211 Å². The number of carbonyl (C=O) groups excluding carboxylic acids is 2. The van der Waals surface area contributed by atoms with Crippen LogP contribution >= 0.6 is 0 Å². The van der Waals surface area contributed by atoms with Crippen molar-refractivity contribution >= 4 is 11.9 Å². The van der Waals surface area contributed by atoms with Crippen LogP contribution in [0.15, 0.2) is 0 Å². The van der Waals surface area contributed by atoms with Crippen LogP contribution in [0.4, 0.5) is 0 Å². The number of hydrogen-bond acceptors (Lipinski definition) is 4. The molecule has 4 heteroatoms. The Balaban J connectivity index is 1.95. The summed E-state index contributed by atoms with van der Waals surface area (Å²) in [4.78, 5) is 24.7. The van der Waals surface area contributed by atoms with E-state index in [9.17, 15) is 9.59 Å². The summed E-state index contributed by atoms with van der Waals surface area (Å²) in [5, 5.41) is 0. The van der Waals surface area contributed by atoms with Gasteiger partial charge in [0.1, 0.15) is 0 Å². The van der Waals surface area contributed by atoms with Gasteiger partial charge >= 0.3 is 11.9 Å². The summed E-state index contributed by atoms with van der Waals surface area (Å²) in [6.07, 6.45) is 25.8. The molecule has 0 aliphatic heterocycles. The lowest BCUT2D eigenvalue weighted by Crippen LogP contribution is -2.28. The minimum atomic E-state index is -0.0554. The van der Waals surface area contributed by atoms with Crippen molar-refractivity contribution in [1.82, 2.24) is 0 Å². The van der Waals surface area contributed by atoms with Crippen LogP contribution in [0.3, 0.4) is 0 Å². The van der Waals surface area contributed by atoms with E-state index >= 15 is 0 Å². The zero-order valence-corrected chi connectivity index (χ0v) is 22.8. The molecule has 0 aromatic rings. The summed E-state index contributed by atoms with van der Waals surface area (Å²) in [7, 11) is 0. The van der Waals surface area contributed by atoms with Gasteiger partial charge in [0.15, 0.2) is 0 Å². The highest BCUT2D eigenvalue weighted by molar-refractivity contribution is 5.75. The Morgan fingerprint density at radius 1 is 0.471 bits per heavy atom. The Morgan fingerprint density at radius 2 is 0.735 bits per heavy atom. The van der Waals surface area contributed by atoms with E-state index in [0.717, 1.165) is 51.4 Å². The molecule has 0 unspecified atom stereocenters. The molecule has 1 fully saturated rings. The predicted octanol–water partition coefficient (Wildman–Crippen LogP) is 8.94. The van der Waals surface area contributed by atoms with Gasteiger partial charge in [-0.2, -0.15) is 0 Å². The topological polar surface area (TPSA) is 52.6 Å². The molecule has 0 aromatic heterocycles. The van der Waals surface area contributed by atoms with Crippen LogP contribution in [-0.4, -0.2) is 25.2 Å². The van der Waals surface area contributed by atoms with Crippen molar-refractivity contribution in [3.63, 3.8) is 0 Å². The first-order valence-corrected chi connectivity index (χ1v) is 15.0. The van der Waals surface area contributed by atoms with Crippen LogP contribution in [0.25, 0.3) is 0 Å². The molecule has 0 atom stereocenters. The molecule has 0 spiro atoms. The molecule has 4 nitrogen and oxygen atoms in total. The number of esters is 2. The van der Waals surface area contributed by atoms with Gasteiger partial charge < -0.3 is 9.47 Å². The fourth-order valence-electron chi connectivity index (χ4n) is 4.97. The monoisotopic (exact) mass is 480 g/mol. The van der Waals surface area contributed by atoms with Gasteiger partial charge in [0.2, 0.25) is 0 Å². The maximum atomic E-state index is 12.4. The second-order valence-electron chi connectivity index (χ2n) is 10.5. The van der Waals surface area contributed by atoms with Crippen molar-refractivity contribution in [3.8, 4) is 0 Å². The Hall–Kier alpha value is -1.06. The molecule has 1 saturated carbocycles. The zero-order valence-electron chi connectivity index (χ0n) is 22.8. The lowest BCUT2D eigenvalue weighted by atomic mass is 9.82. The van der Waals surface area contributed by atoms with E-state index in [1.165, 1.54) is 89.9 Å². The van der Waals surface area contributed by atoms with E-state index < -0.39 is 0 Å². The molecule has 0 heterocycles. The van der Waals surface area contributed by atoms with E-state index in [1.54, 1.807) is 0 Å². The summed E-state index contributed by atoms with van der Waals surface area (Å²) in [6.45, 7) is 5.60. The summed E-state index contributed by atoms with van der Waals surface area (Å²) in [5.41, 5.74) is 0. The minimum Gasteiger partial charge on any atom is -0.465 e. The van der Waals surface area contributed by atoms with Gasteiger partial charge in [0, 0.05) is 0 Å². The van der Waals surface area contributed by atoms with Crippen LogP contribution in [-0.2, 0) is 19.1 Å². The fraction of sp³-hybridized carbons (Fsp3) is 0.933. The molecular formula is C30H56O4. The van der Waals surface area contributed by atoms with Crippen molar-refractivity contribution in [2.75, 3.05) is 13.2 Å². The van der Waals surface area contributed by atoms with Crippen molar-refractivity contribution in [2.24, 2.45) is 11.8 Å². The molecule has 34 heavy (non-hydrogen) atoms. The standard InChI is InChI=1S/C30H56O4/c1-3-5-7-9-11-13-14-16-18-20-26-34-30(32)28-23-21-27(22-24-28)29(31)33-25-19-17-15-12-10-8-6-4-2/h27-28H,3-26H2,1-2H3. The number of rotatable bonds is 22. The summed E-state index contributed by atoms with van der Waals surface area (Å²) >= 11 is 0. The van der Waals surface area contributed by atoms with Gasteiger partial charge in [-0.1, -0.05) is 117 Å². The highest BCUT2D eigenvalue weighted by atomic mass is 16.5. The van der Waals surface area contributed by atoms with Crippen LogP contribution in [0, 0.1) is 11.8 Å². The van der Waals surface area contributed by atoms with Gasteiger partial charge in [0.25, 0.3) is 0 Å². The number of carbonyl (C=O) groups is 2. The molecular weight excluding hydrogens is 424 g/mol. The summed E-state index contributed by atoms with van der Waals surface area (Å²) in [6, 6.07) is 0. The highest BCUT2D eigenvalue weighted by Gasteiger charge is 2.31. The first kappa shape index (κ1) is 31.0. The van der Waals surface area contributed by atoms with Crippen molar-refractivity contribution in [2.45, 2.75) is 155 Å². The second kappa shape index (κ2) is 22.4. The quantitative estimate of drug-likeness (QED) is 0.115. The first-order valence-electron chi connectivity index (χ1n) is 15.0. The highest BCUT2D eigenvalue weighted by Crippen LogP contribution is 2.30. The molecule has 1 rings (SSSR count). The maximum absolute atomic E-state index is 12.4. The molecule has 0 amide bonds. The normalized spacial score (nSPS) is 18.1. The van der Waals surface area contributed by atoms with E-state index in [0.29, 0.717) is 13.2 Å². The van der Waals surface area contributed by atoms with Gasteiger partial charge in [-0.15, -0.1) is 0 Å². The Bertz CT molecular complexity index is 482. The third kappa shape index (κ3) is 16.5. The fourth-order valence-corrected chi connectivity index (χ4v) is 4.97. The van der Waals surface area contributed by atoms with Crippen LogP contribution in [0.2, 0.25) is 0 Å². The molecule has 0 radical (unpaired) electrons. The lowest BCUT2D eigenvalue weighted by molar-refractivity contribution is -0.155. The minimum absolute atomic E-state index is 0.0277. The molecule has 1 aliphatic carbocycles. The smallest absolute Gasteiger partial charge is 0.308 e. The Morgan fingerprint density at radius 3 is 1.03 bits per heavy atom. The first-order chi connectivity index (χ1) is 16.7. The Kier molecular flexibility index (Phi) is 20.4. The van der Waals surface area contributed by atoms with E-state index in [1.807, 2.05) is 0 Å². The lowest BCUT2D eigenvalue weighted by Gasteiger charge is -2.26. The molecule has 0 N–H and O–H groups in total. The second-order valence-corrected chi connectivity index (χ2v) is 10.5. The number of ether oxygens (including phenoxy) is 2. The summed E-state index contributed by atoms with van der Waals surface area (Å²) < 4.78 is 11.0. The number of hydrogen-bond donors (Lipinski definition) is 0. The SMILES string of the molecule is CCCCCCCCCCCCOC(=O)C1CCC(C(=O)OCCCCCCCCCC)CC1. The molecule has 0 aromatic carbocycles. The van der Waals surface area contributed by atoms with E-state index in [2.05, 4.69) is 13.8 Å². The average Bonchev–Trinajstić information content (AvgIpc) is 2.86. The summed E-state index contributed by atoms with van der Waals surface area (Å²) in [5.74, 6) is -0.165. The van der Waals surface area contributed by atoms with Gasteiger partial charge in [-0.3, -0.25) is 9.59 Å². The van der Waals surface area contributed by atoms with Crippen LogP contribution in [0.1, 0.15) is 155 Å². The molecule has 1 aliphatic rings. The van der Waals surface area contributed by atoms with Crippen molar-refractivity contribution in [1.29, 1.82) is 0 Å². The van der Waals surface area contributed by atoms with Gasteiger partial charge in [-0.05, 0) is 38.5 Å². The predicted molar refractivity (Wildman–Crippen MR) is 142 cm³/mol. The number of unbranched alkanes of at least 4 members (excludes halogenated alkanes) is 16. The van der Waals surface area contributed by atoms with Crippen LogP contribution < -0.4 is 0 Å². The van der Waals surface area contributed by atoms with E-state index in [-0.39, 0.29) is 23.8 Å². The van der Waals surface area contributed by atoms with Crippen LogP contribution in [0.5, 0.6) is 0 Å². The third-order valence-corrected chi connectivity index (χ3v) is 7.38. The average molecular weight is 481 g/mol. The van der Waals surface area contributed by atoms with Gasteiger partial charge in [-0.25, -0.2) is 0 Å². The van der Waals surface area contributed by atoms with Crippen molar-refractivity contribution < 1.29 is 19.1 Å². The van der Waals surface area contributed by atoms with Crippen molar-refractivity contribution in [3.05, 3.63) is 0 Å². The third-order valence-electron chi connectivity index (χ3n) is 7.38. The van der Waals surface area contributed by atoms with Gasteiger partial charge in [0.05, 0.1) is 25.0 Å². The molecule has 200 valence electrons. The van der Waals surface area contributed by atoms with E-state index in [4.69, 9.17) is 9.47 Å². The molecule has 0 bridgehead atoms. The molecule has 0 saturated heterocycles.